The third kappa shape index (κ3) is 3.69. The van der Waals surface area contributed by atoms with E-state index in [1.165, 1.54) is 12.8 Å². The average molecular weight is 301 g/mol. The van der Waals surface area contributed by atoms with E-state index in [0.717, 1.165) is 37.7 Å². The molecule has 0 amide bonds. The largest absolute Gasteiger partial charge is 0.383 e. The molecule has 0 radical (unpaired) electrons. The summed E-state index contributed by atoms with van der Waals surface area (Å²) in [5.41, 5.74) is 1.16. The fourth-order valence-corrected chi connectivity index (χ4v) is 3.07. The molecule has 0 aromatic carbocycles. The molecule has 0 aliphatic carbocycles. The van der Waals surface area contributed by atoms with E-state index in [2.05, 4.69) is 24.4 Å². The van der Waals surface area contributed by atoms with E-state index < -0.39 is 0 Å². The quantitative estimate of drug-likeness (QED) is 0.813. The highest BCUT2D eigenvalue weighted by molar-refractivity contribution is 5.08. The van der Waals surface area contributed by atoms with Crippen LogP contribution in [0.3, 0.4) is 0 Å². The highest BCUT2D eigenvalue weighted by atomic mass is 16.5. The van der Waals surface area contributed by atoms with Crippen LogP contribution < -0.4 is 0 Å². The molecular formula is C16H23N5O. The molecule has 0 unspecified atom stereocenters. The summed E-state index contributed by atoms with van der Waals surface area (Å²) in [4.78, 5) is 15.4. The first-order chi connectivity index (χ1) is 10.9. The molecule has 2 aromatic rings. The molecule has 6 heteroatoms. The van der Waals surface area contributed by atoms with E-state index in [0.29, 0.717) is 12.5 Å². The van der Waals surface area contributed by atoms with Crippen molar-refractivity contribution in [1.82, 2.24) is 24.4 Å². The molecule has 1 aliphatic rings. The summed E-state index contributed by atoms with van der Waals surface area (Å²) < 4.78 is 7.34. The van der Waals surface area contributed by atoms with Gasteiger partial charge in [0.2, 0.25) is 0 Å². The van der Waals surface area contributed by atoms with Crippen LogP contribution in [0.4, 0.5) is 0 Å². The molecule has 0 N–H and O–H groups in total. The van der Waals surface area contributed by atoms with Crippen LogP contribution >= 0.6 is 0 Å². The Bertz CT molecular complexity index is 571. The smallest absolute Gasteiger partial charge is 0.122 e. The molecule has 2 aromatic heterocycles. The minimum atomic E-state index is 0.499. The molecule has 1 atom stereocenters. The molecule has 0 spiro atoms. The van der Waals surface area contributed by atoms with Crippen molar-refractivity contribution < 1.29 is 4.74 Å². The summed E-state index contributed by atoms with van der Waals surface area (Å²) in [7, 11) is 1.73. The lowest BCUT2D eigenvalue weighted by atomic mass is 9.94. The first-order valence-corrected chi connectivity index (χ1v) is 7.84. The van der Waals surface area contributed by atoms with Gasteiger partial charge in [0.15, 0.2) is 0 Å². The van der Waals surface area contributed by atoms with Crippen molar-refractivity contribution in [2.45, 2.75) is 31.8 Å². The Kier molecular flexibility index (Phi) is 5.13. The van der Waals surface area contributed by atoms with E-state index >= 15 is 0 Å². The Balaban J connectivity index is 1.62. The summed E-state index contributed by atoms with van der Waals surface area (Å²) in [6.45, 7) is 4.62. The van der Waals surface area contributed by atoms with E-state index in [9.17, 15) is 0 Å². The Morgan fingerprint density at radius 3 is 3.09 bits per heavy atom. The van der Waals surface area contributed by atoms with Gasteiger partial charge in [0.05, 0.1) is 13.2 Å². The van der Waals surface area contributed by atoms with Gasteiger partial charge in [0, 0.05) is 50.4 Å². The van der Waals surface area contributed by atoms with Gasteiger partial charge in [-0.1, -0.05) is 0 Å². The van der Waals surface area contributed by atoms with Crippen LogP contribution in [0.2, 0.25) is 0 Å². The molecule has 3 rings (SSSR count). The minimum Gasteiger partial charge on any atom is -0.383 e. The van der Waals surface area contributed by atoms with Crippen LogP contribution in [-0.4, -0.2) is 51.2 Å². The highest BCUT2D eigenvalue weighted by Crippen LogP contribution is 2.25. The molecule has 22 heavy (non-hydrogen) atoms. The van der Waals surface area contributed by atoms with Gasteiger partial charge in [-0.2, -0.15) is 0 Å². The molecule has 1 fully saturated rings. The van der Waals surface area contributed by atoms with Crippen molar-refractivity contribution in [3.63, 3.8) is 0 Å². The molecule has 118 valence electrons. The summed E-state index contributed by atoms with van der Waals surface area (Å²) in [6, 6.07) is 2.04. The number of aromatic nitrogens is 4. The van der Waals surface area contributed by atoms with Crippen LogP contribution in [0.1, 0.15) is 30.3 Å². The van der Waals surface area contributed by atoms with Crippen molar-refractivity contribution >= 4 is 0 Å². The predicted octanol–water partition coefficient (Wildman–Crippen LogP) is 1.70. The fraction of sp³-hybridized carbons (Fsp3) is 0.562. The zero-order chi connectivity index (χ0) is 15.2. The van der Waals surface area contributed by atoms with Crippen LogP contribution in [0.5, 0.6) is 0 Å². The van der Waals surface area contributed by atoms with Gasteiger partial charge in [0.25, 0.3) is 0 Å². The number of ether oxygens (including phenoxy) is 1. The van der Waals surface area contributed by atoms with Crippen molar-refractivity contribution in [2.24, 2.45) is 0 Å². The number of rotatable bonds is 6. The lowest BCUT2D eigenvalue weighted by Crippen LogP contribution is -2.35. The molecule has 3 heterocycles. The SMILES string of the molecule is COCCn1ccnc1CN1CCC[C@@H](c2ccncn2)C1. The van der Waals surface area contributed by atoms with Gasteiger partial charge in [-0.3, -0.25) is 4.90 Å². The number of hydrogen-bond acceptors (Lipinski definition) is 5. The molecule has 1 aliphatic heterocycles. The van der Waals surface area contributed by atoms with Crippen LogP contribution in [-0.2, 0) is 17.8 Å². The maximum absolute atomic E-state index is 5.16. The summed E-state index contributed by atoms with van der Waals surface area (Å²) in [5, 5.41) is 0. The molecule has 1 saturated heterocycles. The first-order valence-electron chi connectivity index (χ1n) is 7.84. The van der Waals surface area contributed by atoms with Crippen LogP contribution in [0.25, 0.3) is 0 Å². The van der Waals surface area contributed by atoms with Gasteiger partial charge < -0.3 is 9.30 Å². The molecule has 6 nitrogen and oxygen atoms in total. The third-order valence-corrected chi connectivity index (χ3v) is 4.23. The fourth-order valence-electron chi connectivity index (χ4n) is 3.07. The second-order valence-corrected chi connectivity index (χ2v) is 5.74. The Morgan fingerprint density at radius 2 is 2.27 bits per heavy atom. The van der Waals surface area contributed by atoms with Gasteiger partial charge >= 0.3 is 0 Å². The van der Waals surface area contributed by atoms with E-state index in [1.54, 1.807) is 13.4 Å². The maximum atomic E-state index is 5.16. The summed E-state index contributed by atoms with van der Waals surface area (Å²) in [5.74, 6) is 1.61. The Morgan fingerprint density at radius 1 is 1.32 bits per heavy atom. The first kappa shape index (κ1) is 15.1. The number of nitrogens with zero attached hydrogens (tertiary/aromatic N) is 5. The number of likely N-dealkylation sites (tertiary alicyclic amines) is 1. The van der Waals surface area contributed by atoms with Crippen molar-refractivity contribution in [1.29, 1.82) is 0 Å². The third-order valence-electron chi connectivity index (χ3n) is 4.23. The summed E-state index contributed by atoms with van der Waals surface area (Å²) >= 11 is 0. The zero-order valence-electron chi connectivity index (χ0n) is 13.1. The average Bonchev–Trinajstić information content (AvgIpc) is 3.01. The molecule has 0 bridgehead atoms. The zero-order valence-corrected chi connectivity index (χ0v) is 13.1. The standard InChI is InChI=1S/C16H23N5O/c1-22-10-9-21-8-6-18-16(21)12-20-7-2-3-14(11-20)15-4-5-17-13-19-15/h4-6,8,13-14H,2-3,7,9-12H2,1H3/t14-/m1/s1. The minimum absolute atomic E-state index is 0.499. The van der Waals surface area contributed by atoms with E-state index in [1.807, 2.05) is 24.7 Å². The van der Waals surface area contributed by atoms with Gasteiger partial charge in [0.1, 0.15) is 12.2 Å². The number of piperidine rings is 1. The normalized spacial score (nSPS) is 19.4. The number of hydrogen-bond donors (Lipinski definition) is 0. The lowest BCUT2D eigenvalue weighted by molar-refractivity contribution is 0.176. The monoisotopic (exact) mass is 301 g/mol. The van der Waals surface area contributed by atoms with Crippen LogP contribution in [0.15, 0.2) is 31.0 Å². The van der Waals surface area contributed by atoms with Crippen molar-refractivity contribution in [3.8, 4) is 0 Å². The van der Waals surface area contributed by atoms with Gasteiger partial charge in [-0.15, -0.1) is 0 Å². The van der Waals surface area contributed by atoms with Crippen LogP contribution in [0, 0.1) is 0 Å². The highest BCUT2D eigenvalue weighted by Gasteiger charge is 2.23. The number of imidazole rings is 1. The second kappa shape index (κ2) is 7.47. The lowest BCUT2D eigenvalue weighted by Gasteiger charge is -2.32. The van der Waals surface area contributed by atoms with Crippen molar-refractivity contribution in [2.75, 3.05) is 26.8 Å². The number of methoxy groups -OCH3 is 1. The Hall–Kier alpha value is -1.79. The maximum Gasteiger partial charge on any atom is 0.122 e. The molecule has 0 saturated carbocycles. The summed E-state index contributed by atoms with van der Waals surface area (Å²) in [6.07, 6.45) is 9.78. The topological polar surface area (TPSA) is 56.1 Å². The predicted molar refractivity (Wildman–Crippen MR) is 83.4 cm³/mol. The van der Waals surface area contributed by atoms with E-state index in [-0.39, 0.29) is 0 Å². The molecular weight excluding hydrogens is 278 g/mol. The van der Waals surface area contributed by atoms with E-state index in [4.69, 9.17) is 4.74 Å². The van der Waals surface area contributed by atoms with Crippen molar-refractivity contribution in [3.05, 3.63) is 42.5 Å². The second-order valence-electron chi connectivity index (χ2n) is 5.74. The Labute approximate surface area is 131 Å². The van der Waals surface area contributed by atoms with Gasteiger partial charge in [-0.05, 0) is 25.5 Å². The van der Waals surface area contributed by atoms with Gasteiger partial charge in [-0.25, -0.2) is 15.0 Å².